The molecule has 1 unspecified atom stereocenters. The van der Waals surface area contributed by atoms with Crippen LogP contribution in [0.2, 0.25) is 5.02 Å². The Labute approximate surface area is 236 Å². The molecule has 0 amide bonds. The van der Waals surface area contributed by atoms with Gasteiger partial charge in [-0.05, 0) is 52.0 Å². The van der Waals surface area contributed by atoms with Crippen molar-refractivity contribution in [2.24, 2.45) is 5.41 Å². The van der Waals surface area contributed by atoms with Gasteiger partial charge in [0.1, 0.15) is 19.0 Å². The van der Waals surface area contributed by atoms with Crippen molar-refractivity contribution in [2.75, 3.05) is 19.0 Å². The molecule has 2 aromatic rings. The zero-order chi connectivity index (χ0) is 29.6. The lowest BCUT2D eigenvalue weighted by Gasteiger charge is -2.31. The van der Waals surface area contributed by atoms with E-state index in [-0.39, 0.29) is 40.8 Å². The van der Waals surface area contributed by atoms with Crippen molar-refractivity contribution in [1.29, 1.82) is 0 Å². The minimum absolute atomic E-state index is 0.0520. The van der Waals surface area contributed by atoms with E-state index in [9.17, 15) is 26.4 Å². The normalized spacial score (nSPS) is 19.6. The van der Waals surface area contributed by atoms with Gasteiger partial charge in [-0.25, -0.2) is 26.0 Å². The SMILES string of the molecule is CC1=C(C(=O)OCCOC(=O)C(C)(C)C)C(c2c(F)cccc2Cl)C2=C(CS(=O)(=O)c3ccccc3S2(=O)=O)N1. The summed E-state index contributed by atoms with van der Waals surface area (Å²) in [6, 6.07) is 8.80. The number of allylic oxidation sites excluding steroid dienone is 2. The second-order valence-corrected chi connectivity index (χ2v) is 14.6. The van der Waals surface area contributed by atoms with Crippen LogP contribution in [0.5, 0.6) is 0 Å². The molecule has 0 aliphatic carbocycles. The molecule has 0 fully saturated rings. The van der Waals surface area contributed by atoms with Crippen LogP contribution in [0.1, 0.15) is 39.2 Å². The molecule has 4 rings (SSSR count). The Morgan fingerprint density at radius 3 is 2.25 bits per heavy atom. The summed E-state index contributed by atoms with van der Waals surface area (Å²) in [6.45, 7) is 5.74. The van der Waals surface area contributed by atoms with E-state index in [2.05, 4.69) is 5.32 Å². The lowest BCUT2D eigenvalue weighted by Crippen LogP contribution is -2.34. The Morgan fingerprint density at radius 2 is 1.62 bits per heavy atom. The fourth-order valence-corrected chi connectivity index (χ4v) is 8.83. The average Bonchev–Trinajstić information content (AvgIpc) is 2.91. The van der Waals surface area contributed by atoms with E-state index in [0.29, 0.717) is 0 Å². The van der Waals surface area contributed by atoms with Crippen molar-refractivity contribution >= 4 is 43.2 Å². The molecular formula is C27H27ClFNO8S2. The molecule has 2 aliphatic rings. The van der Waals surface area contributed by atoms with Gasteiger partial charge >= 0.3 is 11.9 Å². The Kier molecular flexibility index (Phi) is 7.91. The number of halogens is 2. The minimum atomic E-state index is -4.62. The Bertz CT molecular complexity index is 1670. The smallest absolute Gasteiger partial charge is 0.336 e. The second-order valence-electron chi connectivity index (χ2n) is 10.3. The van der Waals surface area contributed by atoms with Crippen molar-refractivity contribution in [1.82, 2.24) is 5.32 Å². The fourth-order valence-electron chi connectivity index (χ4n) is 4.51. The van der Waals surface area contributed by atoms with Gasteiger partial charge in [-0.2, -0.15) is 0 Å². The van der Waals surface area contributed by atoms with Gasteiger partial charge in [-0.15, -0.1) is 0 Å². The van der Waals surface area contributed by atoms with Crippen LogP contribution in [-0.2, 0) is 38.7 Å². The lowest BCUT2D eigenvalue weighted by atomic mass is 9.86. The summed E-state index contributed by atoms with van der Waals surface area (Å²) >= 11 is 6.38. The van der Waals surface area contributed by atoms with Crippen LogP contribution in [0.4, 0.5) is 4.39 Å². The van der Waals surface area contributed by atoms with Crippen LogP contribution in [0.3, 0.4) is 0 Å². The first-order valence-corrected chi connectivity index (χ1v) is 15.6. The minimum Gasteiger partial charge on any atom is -0.462 e. The van der Waals surface area contributed by atoms with Crippen LogP contribution in [-0.4, -0.2) is 47.7 Å². The van der Waals surface area contributed by atoms with Crippen molar-refractivity contribution in [3.63, 3.8) is 0 Å². The Hall–Kier alpha value is -3.22. The molecule has 13 heteroatoms. The number of rotatable bonds is 5. The molecule has 2 aromatic carbocycles. The van der Waals surface area contributed by atoms with Crippen LogP contribution in [0.25, 0.3) is 0 Å². The van der Waals surface area contributed by atoms with Gasteiger partial charge in [0.25, 0.3) is 0 Å². The van der Waals surface area contributed by atoms with Crippen LogP contribution < -0.4 is 5.32 Å². The molecule has 0 spiro atoms. The van der Waals surface area contributed by atoms with Gasteiger partial charge in [-0.1, -0.05) is 29.8 Å². The van der Waals surface area contributed by atoms with E-state index in [1.165, 1.54) is 37.3 Å². The third kappa shape index (κ3) is 5.39. The number of nitrogens with one attached hydrogen (secondary N) is 1. The quantitative estimate of drug-likeness (QED) is 0.393. The predicted octanol–water partition coefficient (Wildman–Crippen LogP) is 4.05. The fraction of sp³-hybridized carbons (Fsp3) is 0.333. The molecular weight excluding hydrogens is 585 g/mol. The molecule has 214 valence electrons. The van der Waals surface area contributed by atoms with E-state index >= 15 is 4.39 Å². The summed E-state index contributed by atoms with van der Waals surface area (Å²) in [7, 11) is -8.78. The highest BCUT2D eigenvalue weighted by Crippen LogP contribution is 2.48. The highest BCUT2D eigenvalue weighted by atomic mass is 35.5. The number of hydrogen-bond acceptors (Lipinski definition) is 9. The summed E-state index contributed by atoms with van der Waals surface area (Å²) in [5.41, 5.74) is -1.57. The second kappa shape index (κ2) is 10.6. The van der Waals surface area contributed by atoms with Gasteiger partial charge in [0.2, 0.25) is 9.84 Å². The molecule has 40 heavy (non-hydrogen) atoms. The number of dihydropyridines is 1. The van der Waals surface area contributed by atoms with Gasteiger partial charge in [0, 0.05) is 22.0 Å². The zero-order valence-corrected chi connectivity index (χ0v) is 24.5. The maximum atomic E-state index is 15.4. The monoisotopic (exact) mass is 611 g/mol. The molecule has 0 saturated heterocycles. The van der Waals surface area contributed by atoms with Crippen molar-refractivity contribution < 1.29 is 40.3 Å². The first kappa shape index (κ1) is 29.8. The summed E-state index contributed by atoms with van der Waals surface area (Å²) in [4.78, 5) is 24.0. The van der Waals surface area contributed by atoms with E-state index in [4.69, 9.17) is 21.1 Å². The maximum Gasteiger partial charge on any atom is 0.336 e. The summed E-state index contributed by atoms with van der Waals surface area (Å²) in [5.74, 6) is -4.83. The molecule has 2 aliphatic heterocycles. The van der Waals surface area contributed by atoms with Gasteiger partial charge < -0.3 is 14.8 Å². The number of carbonyl (C=O) groups excluding carboxylic acids is 2. The van der Waals surface area contributed by atoms with Gasteiger partial charge in [0.15, 0.2) is 9.84 Å². The van der Waals surface area contributed by atoms with Crippen LogP contribution >= 0.6 is 11.6 Å². The summed E-state index contributed by atoms with van der Waals surface area (Å²) in [5, 5.41) is 2.58. The molecule has 0 saturated carbocycles. The maximum absolute atomic E-state index is 15.4. The molecule has 1 atom stereocenters. The first-order valence-electron chi connectivity index (χ1n) is 12.1. The number of hydrogen-bond donors (Lipinski definition) is 1. The number of carbonyl (C=O) groups is 2. The highest BCUT2D eigenvalue weighted by molar-refractivity contribution is 7.97. The van der Waals surface area contributed by atoms with Crippen LogP contribution in [0.15, 0.2) is 74.1 Å². The van der Waals surface area contributed by atoms with Crippen molar-refractivity contribution in [3.8, 4) is 0 Å². The van der Waals surface area contributed by atoms with Gasteiger partial charge in [-0.3, -0.25) is 4.79 Å². The molecule has 0 aromatic heterocycles. The average molecular weight is 612 g/mol. The van der Waals surface area contributed by atoms with Crippen LogP contribution in [0, 0.1) is 11.2 Å². The van der Waals surface area contributed by atoms with Crippen molar-refractivity contribution in [2.45, 2.75) is 43.4 Å². The number of ether oxygens (including phenoxy) is 2. The number of benzene rings is 2. The topological polar surface area (TPSA) is 133 Å². The number of sulfone groups is 2. The Balaban J connectivity index is 1.84. The van der Waals surface area contributed by atoms with E-state index in [1.54, 1.807) is 20.8 Å². The number of esters is 2. The Morgan fingerprint density at radius 1 is 1.00 bits per heavy atom. The van der Waals surface area contributed by atoms with E-state index < -0.39 is 69.2 Å². The highest BCUT2D eigenvalue weighted by Gasteiger charge is 2.47. The van der Waals surface area contributed by atoms with Crippen molar-refractivity contribution in [3.05, 3.63) is 80.7 Å². The standard InChI is InChI=1S/C27H27ClFNO8S2/c1-15-21(25(31)37-12-13-38-26(32)27(2,3)4)23(22-16(28)8-7-9-17(22)29)24-18(30-15)14-39(33,34)19-10-5-6-11-20(19)40(24,35)36/h5-11,23,30H,12-14H2,1-4H3. The largest absolute Gasteiger partial charge is 0.462 e. The third-order valence-corrected chi connectivity index (χ3v) is 10.5. The van der Waals surface area contributed by atoms with Gasteiger partial charge in [0.05, 0.1) is 37.4 Å². The molecule has 2 heterocycles. The summed E-state index contributed by atoms with van der Waals surface area (Å²) in [6.07, 6.45) is 0. The zero-order valence-electron chi connectivity index (χ0n) is 22.1. The first-order chi connectivity index (χ1) is 18.6. The molecule has 0 radical (unpaired) electrons. The van der Waals surface area contributed by atoms with E-state index in [1.807, 2.05) is 0 Å². The molecule has 0 bridgehead atoms. The van der Waals surface area contributed by atoms with E-state index in [0.717, 1.165) is 12.1 Å². The summed E-state index contributed by atoms with van der Waals surface area (Å²) < 4.78 is 80.5. The molecule has 9 nitrogen and oxygen atoms in total. The number of fused-ring (bicyclic) bond motifs is 1. The third-order valence-electron chi connectivity index (χ3n) is 6.36. The predicted molar refractivity (Wildman–Crippen MR) is 144 cm³/mol. The lowest BCUT2D eigenvalue weighted by molar-refractivity contribution is -0.157. The molecule has 1 N–H and O–H groups in total.